The molecular formula is C14H16N2O2S2. The lowest BCUT2D eigenvalue weighted by Gasteiger charge is -2.19. The van der Waals surface area contributed by atoms with E-state index >= 15 is 0 Å². The minimum Gasteiger partial charge on any atom is -0.315 e. The highest BCUT2D eigenvalue weighted by atomic mass is 32.2. The summed E-state index contributed by atoms with van der Waals surface area (Å²) in [5.74, 6) is 0. The van der Waals surface area contributed by atoms with Crippen molar-refractivity contribution in [3.63, 3.8) is 0 Å². The summed E-state index contributed by atoms with van der Waals surface area (Å²) in [6, 6.07) is 9.41. The Labute approximate surface area is 123 Å². The Bertz CT molecular complexity index is 722. The third-order valence-corrected chi connectivity index (χ3v) is 6.40. The summed E-state index contributed by atoms with van der Waals surface area (Å²) < 4.78 is 27.2. The smallest absolute Gasteiger partial charge is 0.265 e. The number of anilines is 1. The second kappa shape index (κ2) is 5.20. The zero-order valence-corrected chi connectivity index (χ0v) is 12.8. The van der Waals surface area contributed by atoms with E-state index in [0.29, 0.717) is 18.0 Å². The fraction of sp³-hybridized carbons (Fsp3) is 0.286. The number of benzene rings is 1. The van der Waals surface area contributed by atoms with E-state index in [1.807, 2.05) is 36.7 Å². The number of fused-ring (bicyclic) bond motifs is 1. The summed E-state index contributed by atoms with van der Waals surface area (Å²) in [5.41, 5.74) is 1.91. The van der Waals surface area contributed by atoms with Gasteiger partial charge in [0.15, 0.2) is 0 Å². The molecule has 6 heteroatoms. The number of para-hydroxylation sites is 1. The van der Waals surface area contributed by atoms with Crippen LogP contribution in [0.2, 0.25) is 0 Å². The molecule has 0 saturated carbocycles. The molecule has 0 atom stereocenters. The van der Waals surface area contributed by atoms with Gasteiger partial charge in [0.1, 0.15) is 4.90 Å². The van der Waals surface area contributed by atoms with Crippen LogP contribution in [0.5, 0.6) is 0 Å². The third kappa shape index (κ3) is 2.13. The van der Waals surface area contributed by atoms with Crippen LogP contribution in [0.15, 0.2) is 40.6 Å². The van der Waals surface area contributed by atoms with Gasteiger partial charge in [0.2, 0.25) is 0 Å². The summed E-state index contributed by atoms with van der Waals surface area (Å²) in [7, 11) is -1.64. The largest absolute Gasteiger partial charge is 0.315 e. The lowest BCUT2D eigenvalue weighted by Crippen LogP contribution is -2.29. The van der Waals surface area contributed by atoms with Crippen molar-refractivity contribution in [2.45, 2.75) is 17.9 Å². The molecule has 0 unspecified atom stereocenters. The maximum absolute atomic E-state index is 12.9. The van der Waals surface area contributed by atoms with Crippen LogP contribution in [0.4, 0.5) is 5.69 Å². The topological polar surface area (TPSA) is 49.4 Å². The van der Waals surface area contributed by atoms with E-state index in [9.17, 15) is 8.42 Å². The van der Waals surface area contributed by atoms with Crippen LogP contribution in [0, 0.1) is 0 Å². The molecule has 1 aliphatic heterocycles. The molecule has 4 nitrogen and oxygen atoms in total. The van der Waals surface area contributed by atoms with Crippen LogP contribution in [0.25, 0.3) is 0 Å². The predicted molar refractivity (Wildman–Crippen MR) is 81.8 cm³/mol. The highest BCUT2D eigenvalue weighted by molar-refractivity contribution is 7.93. The Balaban J connectivity index is 2.03. The first-order valence-corrected chi connectivity index (χ1v) is 8.78. The van der Waals surface area contributed by atoms with Crippen molar-refractivity contribution >= 4 is 27.0 Å². The van der Waals surface area contributed by atoms with Gasteiger partial charge in [0, 0.05) is 18.0 Å². The number of nitrogens with zero attached hydrogens (tertiary/aromatic N) is 1. The molecule has 1 aliphatic rings. The summed E-state index contributed by atoms with van der Waals surface area (Å²) in [4.78, 5) is 1.28. The van der Waals surface area contributed by atoms with Crippen molar-refractivity contribution < 1.29 is 8.42 Å². The Morgan fingerprint density at radius 2 is 2.10 bits per heavy atom. The van der Waals surface area contributed by atoms with Crippen molar-refractivity contribution in [2.24, 2.45) is 0 Å². The van der Waals surface area contributed by atoms with Gasteiger partial charge in [-0.3, -0.25) is 4.31 Å². The molecule has 0 radical (unpaired) electrons. The molecule has 2 heterocycles. The molecule has 106 valence electrons. The molecule has 0 fully saturated rings. The number of sulfonamides is 1. The first-order valence-electron chi connectivity index (χ1n) is 6.46. The maximum Gasteiger partial charge on any atom is 0.265 e. The Morgan fingerprint density at radius 3 is 2.90 bits per heavy atom. The molecule has 20 heavy (non-hydrogen) atoms. The van der Waals surface area contributed by atoms with E-state index in [1.165, 1.54) is 15.6 Å². The average molecular weight is 308 g/mol. The van der Waals surface area contributed by atoms with Crippen LogP contribution >= 0.6 is 11.3 Å². The molecular weight excluding hydrogens is 292 g/mol. The number of thiophene rings is 1. The van der Waals surface area contributed by atoms with Gasteiger partial charge >= 0.3 is 0 Å². The Morgan fingerprint density at radius 1 is 1.30 bits per heavy atom. The predicted octanol–water partition coefficient (Wildman–Crippen LogP) is 2.22. The van der Waals surface area contributed by atoms with Crippen LogP contribution in [0.3, 0.4) is 0 Å². The van der Waals surface area contributed by atoms with Gasteiger partial charge in [-0.05, 0) is 36.5 Å². The first kappa shape index (κ1) is 13.6. The monoisotopic (exact) mass is 308 g/mol. The third-order valence-electron chi connectivity index (χ3n) is 3.45. The fourth-order valence-corrected chi connectivity index (χ4v) is 5.46. The number of hydrogen-bond donors (Lipinski definition) is 1. The summed E-state index contributed by atoms with van der Waals surface area (Å²) in [5, 5.41) is 4.85. The van der Waals surface area contributed by atoms with E-state index in [4.69, 9.17) is 0 Å². The Kier molecular flexibility index (Phi) is 3.54. The number of rotatable bonds is 4. The lowest BCUT2D eigenvalue weighted by molar-refractivity contribution is 0.591. The second-order valence-corrected chi connectivity index (χ2v) is 7.53. The molecule has 1 N–H and O–H groups in total. The van der Waals surface area contributed by atoms with Gasteiger partial charge in [0.25, 0.3) is 10.0 Å². The normalized spacial score (nSPS) is 14.6. The average Bonchev–Trinajstić information content (AvgIpc) is 3.05. The van der Waals surface area contributed by atoms with Crippen LogP contribution in [0.1, 0.15) is 10.4 Å². The van der Waals surface area contributed by atoms with Crippen molar-refractivity contribution in [1.29, 1.82) is 0 Å². The highest BCUT2D eigenvalue weighted by Gasteiger charge is 2.32. The first-order chi connectivity index (χ1) is 9.64. The lowest BCUT2D eigenvalue weighted by atomic mass is 10.2. The highest BCUT2D eigenvalue weighted by Crippen LogP contribution is 2.34. The maximum atomic E-state index is 12.9. The Hall–Kier alpha value is -1.37. The second-order valence-electron chi connectivity index (χ2n) is 4.69. The van der Waals surface area contributed by atoms with Gasteiger partial charge in [-0.25, -0.2) is 8.42 Å². The van der Waals surface area contributed by atoms with Crippen molar-refractivity contribution in [3.8, 4) is 0 Å². The van der Waals surface area contributed by atoms with E-state index < -0.39 is 10.0 Å². The van der Waals surface area contributed by atoms with Crippen molar-refractivity contribution in [2.75, 3.05) is 17.9 Å². The minimum absolute atomic E-state index is 0.425. The molecule has 0 spiro atoms. The van der Waals surface area contributed by atoms with Crippen LogP contribution < -0.4 is 9.62 Å². The molecule has 3 rings (SSSR count). The molecule has 1 aromatic carbocycles. The molecule has 0 bridgehead atoms. The standard InChI is InChI=1S/C14H16N2O2S2/c1-15-10-13-14(7-9-19-13)20(17,18)16-8-6-11-4-2-3-5-12(11)16/h2-5,7,9,15H,6,8,10H2,1H3. The molecule has 0 amide bonds. The van der Waals surface area contributed by atoms with Gasteiger partial charge in [-0.1, -0.05) is 18.2 Å². The zero-order valence-electron chi connectivity index (χ0n) is 11.2. The van der Waals surface area contributed by atoms with Gasteiger partial charge in [-0.2, -0.15) is 0 Å². The van der Waals surface area contributed by atoms with Crippen LogP contribution in [-0.2, 0) is 23.0 Å². The molecule has 0 aliphatic carbocycles. The molecule has 0 saturated heterocycles. The summed E-state index contributed by atoms with van der Waals surface area (Å²) >= 11 is 1.47. The van der Waals surface area contributed by atoms with Crippen LogP contribution in [-0.4, -0.2) is 22.0 Å². The SMILES string of the molecule is CNCc1sccc1S(=O)(=O)N1CCc2ccccc21. The zero-order chi connectivity index (χ0) is 14.2. The van der Waals surface area contributed by atoms with Gasteiger partial charge in [0.05, 0.1) is 5.69 Å². The van der Waals surface area contributed by atoms with Gasteiger partial charge < -0.3 is 5.32 Å². The van der Waals surface area contributed by atoms with Crippen molar-refractivity contribution in [3.05, 3.63) is 46.2 Å². The molecule has 1 aromatic heterocycles. The van der Waals surface area contributed by atoms with E-state index in [1.54, 1.807) is 6.07 Å². The van der Waals surface area contributed by atoms with E-state index in [-0.39, 0.29) is 0 Å². The number of hydrogen-bond acceptors (Lipinski definition) is 4. The van der Waals surface area contributed by atoms with E-state index in [0.717, 1.165) is 22.5 Å². The minimum atomic E-state index is -3.46. The molecule has 2 aromatic rings. The fourth-order valence-electron chi connectivity index (χ4n) is 2.52. The van der Waals surface area contributed by atoms with Crippen molar-refractivity contribution in [1.82, 2.24) is 5.32 Å². The summed E-state index contributed by atoms with van der Waals surface area (Å²) in [6.07, 6.45) is 0.779. The quantitative estimate of drug-likeness (QED) is 0.942. The van der Waals surface area contributed by atoms with Gasteiger partial charge in [-0.15, -0.1) is 11.3 Å². The summed E-state index contributed by atoms with van der Waals surface area (Å²) in [6.45, 7) is 1.10. The number of nitrogens with one attached hydrogen (secondary N) is 1. The van der Waals surface area contributed by atoms with E-state index in [2.05, 4.69) is 5.32 Å².